The van der Waals surface area contributed by atoms with E-state index in [-0.39, 0.29) is 0 Å². The van der Waals surface area contributed by atoms with Crippen LogP contribution in [0.15, 0.2) is 28.8 Å². The number of rotatable bonds is 8. The molecule has 0 spiro atoms. The molecule has 0 saturated carbocycles. The highest BCUT2D eigenvalue weighted by Crippen LogP contribution is 2.33. The number of ether oxygens (including phenoxy) is 2. The molecule has 0 unspecified atom stereocenters. The van der Waals surface area contributed by atoms with Crippen molar-refractivity contribution in [2.45, 2.75) is 26.7 Å². The van der Waals surface area contributed by atoms with E-state index in [0.717, 1.165) is 35.7 Å². The molecule has 2 rings (SSSR count). The minimum Gasteiger partial charge on any atom is -0.490 e. The number of hydrogen-bond acceptors (Lipinski definition) is 4. The summed E-state index contributed by atoms with van der Waals surface area (Å²) in [5, 5.41) is 0. The number of halogens is 1. The average molecular weight is 310 g/mol. The molecule has 0 aliphatic rings. The molecule has 0 N–H and O–H groups in total. The van der Waals surface area contributed by atoms with Crippen LogP contribution in [0.4, 0.5) is 0 Å². The molecule has 2 aromatic rings. The standard InChI is InChI=1S/C16H20ClNO3/c1-3-19-13-8-7-12(10-14(13)20-4-2)15-11-18-16(21-15)6-5-9-17/h7-8,10-11H,3-6,9H2,1-2H3. The van der Waals surface area contributed by atoms with E-state index in [2.05, 4.69) is 4.98 Å². The summed E-state index contributed by atoms with van der Waals surface area (Å²) in [6.07, 6.45) is 3.34. The number of nitrogens with zero attached hydrogens (tertiary/aromatic N) is 1. The van der Waals surface area contributed by atoms with Crippen molar-refractivity contribution in [1.29, 1.82) is 0 Å². The molecular weight excluding hydrogens is 290 g/mol. The van der Waals surface area contributed by atoms with Crippen molar-refractivity contribution < 1.29 is 13.9 Å². The van der Waals surface area contributed by atoms with Crippen LogP contribution in [-0.4, -0.2) is 24.1 Å². The topological polar surface area (TPSA) is 44.5 Å². The van der Waals surface area contributed by atoms with E-state index in [1.165, 1.54) is 0 Å². The summed E-state index contributed by atoms with van der Waals surface area (Å²) in [6.45, 7) is 5.08. The van der Waals surface area contributed by atoms with Crippen molar-refractivity contribution in [3.63, 3.8) is 0 Å². The first kappa shape index (κ1) is 15.7. The van der Waals surface area contributed by atoms with Crippen molar-refractivity contribution in [3.05, 3.63) is 30.3 Å². The summed E-state index contributed by atoms with van der Waals surface area (Å²) < 4.78 is 16.9. The largest absolute Gasteiger partial charge is 0.490 e. The summed E-state index contributed by atoms with van der Waals surface area (Å²) >= 11 is 5.68. The fourth-order valence-electron chi connectivity index (χ4n) is 1.98. The van der Waals surface area contributed by atoms with E-state index in [1.54, 1.807) is 6.20 Å². The number of hydrogen-bond donors (Lipinski definition) is 0. The number of oxazole rings is 1. The van der Waals surface area contributed by atoms with Gasteiger partial charge in [0.1, 0.15) is 0 Å². The summed E-state index contributed by atoms with van der Waals surface area (Å²) in [5.74, 6) is 3.50. The first-order valence-corrected chi connectivity index (χ1v) is 7.72. The molecule has 0 bridgehead atoms. The molecule has 0 fully saturated rings. The lowest BCUT2D eigenvalue weighted by Gasteiger charge is -2.11. The van der Waals surface area contributed by atoms with Crippen LogP contribution in [0, 0.1) is 0 Å². The monoisotopic (exact) mass is 309 g/mol. The van der Waals surface area contributed by atoms with E-state index in [4.69, 9.17) is 25.5 Å². The van der Waals surface area contributed by atoms with Crippen LogP contribution < -0.4 is 9.47 Å². The average Bonchev–Trinajstić information content (AvgIpc) is 2.96. The van der Waals surface area contributed by atoms with Crippen molar-refractivity contribution in [2.75, 3.05) is 19.1 Å². The third-order valence-corrected chi connectivity index (χ3v) is 3.17. The van der Waals surface area contributed by atoms with Gasteiger partial charge in [-0.3, -0.25) is 0 Å². The number of aromatic nitrogens is 1. The van der Waals surface area contributed by atoms with E-state index in [0.29, 0.717) is 25.0 Å². The van der Waals surface area contributed by atoms with Gasteiger partial charge in [-0.1, -0.05) is 0 Å². The Morgan fingerprint density at radius 3 is 2.62 bits per heavy atom. The summed E-state index contributed by atoms with van der Waals surface area (Å²) in [6, 6.07) is 5.75. The molecule has 21 heavy (non-hydrogen) atoms. The van der Waals surface area contributed by atoms with Gasteiger partial charge >= 0.3 is 0 Å². The van der Waals surface area contributed by atoms with Crippen LogP contribution in [0.2, 0.25) is 0 Å². The van der Waals surface area contributed by atoms with Crippen molar-refractivity contribution >= 4 is 11.6 Å². The van der Waals surface area contributed by atoms with Crippen LogP contribution in [0.1, 0.15) is 26.2 Å². The summed E-state index contributed by atoms with van der Waals surface area (Å²) in [7, 11) is 0. The zero-order valence-electron chi connectivity index (χ0n) is 12.4. The minimum absolute atomic E-state index is 0.584. The molecular formula is C16H20ClNO3. The second-order valence-corrected chi connectivity index (χ2v) is 4.82. The number of alkyl halides is 1. The highest BCUT2D eigenvalue weighted by atomic mass is 35.5. The van der Waals surface area contributed by atoms with Gasteiger partial charge in [0.15, 0.2) is 23.1 Å². The zero-order chi connectivity index (χ0) is 15.1. The molecule has 0 radical (unpaired) electrons. The van der Waals surface area contributed by atoms with Gasteiger partial charge in [0.25, 0.3) is 0 Å². The predicted octanol–water partition coefficient (Wildman–Crippen LogP) is 4.31. The van der Waals surface area contributed by atoms with Crippen molar-refractivity contribution in [1.82, 2.24) is 4.98 Å². The molecule has 0 atom stereocenters. The predicted molar refractivity (Wildman–Crippen MR) is 83.3 cm³/mol. The first-order chi connectivity index (χ1) is 10.3. The number of aryl methyl sites for hydroxylation is 1. The molecule has 0 aliphatic heterocycles. The Morgan fingerprint density at radius 2 is 1.90 bits per heavy atom. The van der Waals surface area contributed by atoms with Crippen LogP contribution in [0.5, 0.6) is 11.5 Å². The van der Waals surface area contributed by atoms with Crippen LogP contribution in [0.25, 0.3) is 11.3 Å². The van der Waals surface area contributed by atoms with Gasteiger partial charge in [0, 0.05) is 17.9 Å². The maximum atomic E-state index is 5.74. The lowest BCUT2D eigenvalue weighted by molar-refractivity contribution is 0.288. The third-order valence-electron chi connectivity index (χ3n) is 2.91. The van der Waals surface area contributed by atoms with E-state index in [9.17, 15) is 0 Å². The molecule has 0 aliphatic carbocycles. The second kappa shape index (κ2) is 7.93. The molecule has 114 valence electrons. The SMILES string of the molecule is CCOc1ccc(-c2cnc(CCCCl)o2)cc1OCC. The normalized spacial score (nSPS) is 10.6. The van der Waals surface area contributed by atoms with Crippen molar-refractivity contribution in [3.8, 4) is 22.8 Å². The maximum Gasteiger partial charge on any atom is 0.194 e. The summed E-state index contributed by atoms with van der Waals surface area (Å²) in [5.41, 5.74) is 0.923. The van der Waals surface area contributed by atoms with Gasteiger partial charge in [-0.15, -0.1) is 11.6 Å². The van der Waals surface area contributed by atoms with Gasteiger partial charge in [-0.25, -0.2) is 4.98 Å². The van der Waals surface area contributed by atoms with Crippen LogP contribution in [0.3, 0.4) is 0 Å². The lowest BCUT2D eigenvalue weighted by Crippen LogP contribution is -1.98. The van der Waals surface area contributed by atoms with E-state index >= 15 is 0 Å². The van der Waals surface area contributed by atoms with Crippen LogP contribution >= 0.6 is 11.6 Å². The lowest BCUT2D eigenvalue weighted by atomic mass is 10.1. The minimum atomic E-state index is 0.584. The molecule has 4 nitrogen and oxygen atoms in total. The summed E-state index contributed by atoms with van der Waals surface area (Å²) in [4.78, 5) is 4.27. The Labute approximate surface area is 130 Å². The van der Waals surface area contributed by atoms with Gasteiger partial charge in [0.2, 0.25) is 0 Å². The Bertz CT molecular complexity index is 568. The Morgan fingerprint density at radius 1 is 1.14 bits per heavy atom. The van der Waals surface area contributed by atoms with E-state index in [1.807, 2.05) is 32.0 Å². The molecule has 0 saturated heterocycles. The van der Waals surface area contributed by atoms with Gasteiger partial charge < -0.3 is 13.9 Å². The van der Waals surface area contributed by atoms with Gasteiger partial charge in [0.05, 0.1) is 19.4 Å². The van der Waals surface area contributed by atoms with Gasteiger partial charge in [-0.2, -0.15) is 0 Å². The quantitative estimate of drug-likeness (QED) is 0.682. The molecule has 1 aromatic heterocycles. The van der Waals surface area contributed by atoms with Crippen LogP contribution in [-0.2, 0) is 6.42 Å². The molecule has 1 heterocycles. The van der Waals surface area contributed by atoms with E-state index < -0.39 is 0 Å². The maximum absolute atomic E-state index is 5.74. The van der Waals surface area contributed by atoms with Gasteiger partial charge in [-0.05, 0) is 38.5 Å². The molecule has 5 heteroatoms. The first-order valence-electron chi connectivity index (χ1n) is 7.19. The Hall–Kier alpha value is -1.68. The fourth-order valence-corrected chi connectivity index (χ4v) is 2.12. The third kappa shape index (κ3) is 4.14. The molecule has 1 aromatic carbocycles. The smallest absolute Gasteiger partial charge is 0.194 e. The molecule has 0 amide bonds. The number of benzene rings is 1. The highest BCUT2D eigenvalue weighted by molar-refractivity contribution is 6.17. The Balaban J connectivity index is 2.22. The highest BCUT2D eigenvalue weighted by Gasteiger charge is 2.11. The fraction of sp³-hybridized carbons (Fsp3) is 0.438. The van der Waals surface area contributed by atoms with Crippen molar-refractivity contribution in [2.24, 2.45) is 0 Å². The zero-order valence-corrected chi connectivity index (χ0v) is 13.2. The second-order valence-electron chi connectivity index (χ2n) is 4.44. The Kier molecular flexibility index (Phi) is 5.93.